The molecule has 1 N–H and O–H groups in total. The van der Waals surface area contributed by atoms with Gasteiger partial charge in [0.1, 0.15) is 5.52 Å². The second-order valence-corrected chi connectivity index (χ2v) is 5.24. The molecule has 0 spiro atoms. The van der Waals surface area contributed by atoms with E-state index in [0.29, 0.717) is 24.2 Å². The SMILES string of the molecule is CCCCCNC(=O)COC(=O)c1ccc2c(c1)nnn2CC. The van der Waals surface area contributed by atoms with E-state index in [1.54, 1.807) is 22.9 Å². The highest BCUT2D eigenvalue weighted by atomic mass is 16.5. The molecular weight excluding hydrogens is 296 g/mol. The van der Waals surface area contributed by atoms with Crippen LogP contribution in [0.15, 0.2) is 18.2 Å². The fourth-order valence-corrected chi connectivity index (χ4v) is 2.20. The summed E-state index contributed by atoms with van der Waals surface area (Å²) in [6, 6.07) is 5.05. The maximum atomic E-state index is 12.0. The minimum absolute atomic E-state index is 0.273. The molecule has 124 valence electrons. The Morgan fingerprint density at radius 2 is 2.09 bits per heavy atom. The molecule has 2 aromatic rings. The van der Waals surface area contributed by atoms with Gasteiger partial charge in [0.2, 0.25) is 0 Å². The number of ether oxygens (including phenoxy) is 1. The third kappa shape index (κ3) is 4.51. The molecule has 0 aliphatic carbocycles. The van der Waals surface area contributed by atoms with Crippen molar-refractivity contribution in [2.45, 2.75) is 39.7 Å². The smallest absolute Gasteiger partial charge is 0.338 e. The number of amides is 1. The van der Waals surface area contributed by atoms with Gasteiger partial charge < -0.3 is 10.1 Å². The van der Waals surface area contributed by atoms with E-state index in [1.807, 2.05) is 6.92 Å². The zero-order chi connectivity index (χ0) is 16.7. The fraction of sp³-hybridized carbons (Fsp3) is 0.500. The van der Waals surface area contributed by atoms with Crippen molar-refractivity contribution in [3.05, 3.63) is 23.8 Å². The Labute approximate surface area is 135 Å². The van der Waals surface area contributed by atoms with Gasteiger partial charge in [0.15, 0.2) is 6.61 Å². The third-order valence-corrected chi connectivity index (χ3v) is 3.49. The molecule has 1 aromatic carbocycles. The van der Waals surface area contributed by atoms with Gasteiger partial charge in [0.05, 0.1) is 11.1 Å². The number of nitrogens with zero attached hydrogens (tertiary/aromatic N) is 3. The van der Waals surface area contributed by atoms with Gasteiger partial charge in [-0.1, -0.05) is 25.0 Å². The van der Waals surface area contributed by atoms with Crippen LogP contribution in [0.1, 0.15) is 43.5 Å². The summed E-state index contributed by atoms with van der Waals surface area (Å²) in [7, 11) is 0. The van der Waals surface area contributed by atoms with Crippen molar-refractivity contribution in [3.8, 4) is 0 Å². The van der Waals surface area contributed by atoms with Gasteiger partial charge in [0, 0.05) is 13.1 Å². The molecule has 0 saturated heterocycles. The van der Waals surface area contributed by atoms with E-state index in [4.69, 9.17) is 4.74 Å². The third-order valence-electron chi connectivity index (χ3n) is 3.49. The summed E-state index contributed by atoms with van der Waals surface area (Å²) in [5, 5.41) is 10.7. The van der Waals surface area contributed by atoms with Crippen LogP contribution in [0.4, 0.5) is 0 Å². The Bertz CT molecular complexity index is 681. The molecule has 0 atom stereocenters. The Hall–Kier alpha value is -2.44. The second-order valence-electron chi connectivity index (χ2n) is 5.24. The lowest BCUT2D eigenvalue weighted by Crippen LogP contribution is -2.29. The van der Waals surface area contributed by atoms with Gasteiger partial charge in [-0.05, 0) is 31.5 Å². The summed E-state index contributed by atoms with van der Waals surface area (Å²) < 4.78 is 6.77. The molecule has 0 saturated carbocycles. The van der Waals surface area contributed by atoms with Crippen molar-refractivity contribution in [3.63, 3.8) is 0 Å². The number of nitrogens with one attached hydrogen (secondary N) is 1. The molecule has 23 heavy (non-hydrogen) atoms. The van der Waals surface area contributed by atoms with Gasteiger partial charge >= 0.3 is 5.97 Å². The molecule has 2 rings (SSSR count). The standard InChI is InChI=1S/C16H22N4O3/c1-3-5-6-9-17-15(21)11-23-16(22)12-7-8-14-13(10-12)18-19-20(14)4-2/h7-8,10H,3-6,9,11H2,1-2H3,(H,17,21). The van der Waals surface area contributed by atoms with Gasteiger partial charge in [0.25, 0.3) is 5.91 Å². The molecule has 7 nitrogen and oxygen atoms in total. The van der Waals surface area contributed by atoms with E-state index in [0.717, 1.165) is 24.8 Å². The van der Waals surface area contributed by atoms with Crippen LogP contribution in [0.25, 0.3) is 11.0 Å². The van der Waals surface area contributed by atoms with Gasteiger partial charge in [-0.2, -0.15) is 0 Å². The average Bonchev–Trinajstić information content (AvgIpc) is 2.98. The minimum Gasteiger partial charge on any atom is -0.452 e. The van der Waals surface area contributed by atoms with Crippen molar-refractivity contribution < 1.29 is 14.3 Å². The van der Waals surface area contributed by atoms with E-state index in [2.05, 4.69) is 22.6 Å². The van der Waals surface area contributed by atoms with Crippen LogP contribution >= 0.6 is 0 Å². The van der Waals surface area contributed by atoms with Crippen LogP contribution in [-0.4, -0.2) is 40.0 Å². The van der Waals surface area contributed by atoms with E-state index >= 15 is 0 Å². The molecule has 0 bridgehead atoms. The first-order valence-electron chi connectivity index (χ1n) is 7.92. The highest BCUT2D eigenvalue weighted by Gasteiger charge is 2.12. The minimum atomic E-state index is -0.540. The summed E-state index contributed by atoms with van der Waals surface area (Å²) in [4.78, 5) is 23.6. The number of unbranched alkanes of at least 4 members (excludes halogenated alkanes) is 2. The van der Waals surface area contributed by atoms with E-state index in [1.165, 1.54) is 0 Å². The fourth-order valence-electron chi connectivity index (χ4n) is 2.20. The number of aromatic nitrogens is 3. The lowest BCUT2D eigenvalue weighted by Gasteiger charge is -2.06. The number of rotatable bonds is 8. The molecule has 1 aromatic heterocycles. The predicted octanol–water partition coefficient (Wildman–Crippen LogP) is 1.91. The number of esters is 1. The molecule has 0 radical (unpaired) electrons. The zero-order valence-electron chi connectivity index (χ0n) is 13.5. The number of hydrogen-bond acceptors (Lipinski definition) is 5. The number of aryl methyl sites for hydroxylation is 1. The number of carbonyl (C=O) groups excluding carboxylic acids is 2. The van der Waals surface area contributed by atoms with Crippen LogP contribution < -0.4 is 5.32 Å². The van der Waals surface area contributed by atoms with Gasteiger partial charge in [-0.3, -0.25) is 4.79 Å². The summed E-state index contributed by atoms with van der Waals surface area (Å²) >= 11 is 0. The van der Waals surface area contributed by atoms with E-state index < -0.39 is 5.97 Å². The number of hydrogen-bond donors (Lipinski definition) is 1. The Balaban J connectivity index is 1.87. The molecule has 7 heteroatoms. The summed E-state index contributed by atoms with van der Waals surface area (Å²) in [6.45, 7) is 5.11. The summed E-state index contributed by atoms with van der Waals surface area (Å²) in [6.07, 6.45) is 3.09. The Kier molecular flexibility index (Phi) is 6.08. The molecule has 0 aliphatic rings. The molecule has 0 aliphatic heterocycles. The first kappa shape index (κ1) is 16.9. The topological polar surface area (TPSA) is 86.1 Å². The lowest BCUT2D eigenvalue weighted by atomic mass is 10.2. The van der Waals surface area contributed by atoms with E-state index in [9.17, 15) is 9.59 Å². The first-order chi connectivity index (χ1) is 11.2. The normalized spacial score (nSPS) is 10.7. The first-order valence-corrected chi connectivity index (χ1v) is 7.92. The molecule has 1 amide bonds. The van der Waals surface area contributed by atoms with Crippen LogP contribution in [-0.2, 0) is 16.1 Å². The van der Waals surface area contributed by atoms with E-state index in [-0.39, 0.29) is 12.5 Å². The monoisotopic (exact) mass is 318 g/mol. The highest BCUT2D eigenvalue weighted by molar-refractivity contribution is 5.94. The second kappa shape index (κ2) is 8.26. The molecule has 0 fully saturated rings. The van der Waals surface area contributed by atoms with Crippen LogP contribution in [0, 0.1) is 0 Å². The summed E-state index contributed by atoms with van der Waals surface area (Å²) in [5.74, 6) is -0.825. The van der Waals surface area contributed by atoms with Crippen LogP contribution in [0.2, 0.25) is 0 Å². The molecule has 1 heterocycles. The number of benzene rings is 1. The Morgan fingerprint density at radius 1 is 1.26 bits per heavy atom. The molecule has 0 unspecified atom stereocenters. The van der Waals surface area contributed by atoms with Crippen LogP contribution in [0.5, 0.6) is 0 Å². The molecular formula is C16H22N4O3. The van der Waals surface area contributed by atoms with Gasteiger partial charge in [-0.15, -0.1) is 5.10 Å². The van der Waals surface area contributed by atoms with Crippen molar-refractivity contribution in [1.82, 2.24) is 20.3 Å². The van der Waals surface area contributed by atoms with Crippen molar-refractivity contribution >= 4 is 22.9 Å². The van der Waals surface area contributed by atoms with Crippen molar-refractivity contribution in [2.75, 3.05) is 13.2 Å². The zero-order valence-corrected chi connectivity index (χ0v) is 13.5. The van der Waals surface area contributed by atoms with Crippen molar-refractivity contribution in [1.29, 1.82) is 0 Å². The van der Waals surface area contributed by atoms with Gasteiger partial charge in [-0.25, -0.2) is 9.48 Å². The maximum Gasteiger partial charge on any atom is 0.338 e. The predicted molar refractivity (Wildman–Crippen MR) is 86.0 cm³/mol. The summed E-state index contributed by atoms with van der Waals surface area (Å²) in [5.41, 5.74) is 1.85. The largest absolute Gasteiger partial charge is 0.452 e. The average molecular weight is 318 g/mol. The van der Waals surface area contributed by atoms with Crippen molar-refractivity contribution in [2.24, 2.45) is 0 Å². The van der Waals surface area contributed by atoms with Crippen LogP contribution in [0.3, 0.4) is 0 Å². The highest BCUT2D eigenvalue weighted by Crippen LogP contribution is 2.14. The maximum absolute atomic E-state index is 12.0. The Morgan fingerprint density at radius 3 is 2.83 bits per heavy atom. The number of carbonyl (C=O) groups is 2. The lowest BCUT2D eigenvalue weighted by molar-refractivity contribution is -0.124. The quantitative estimate of drug-likeness (QED) is 0.593. The number of fused-ring (bicyclic) bond motifs is 1.